The first-order chi connectivity index (χ1) is 6.45. The van der Waals surface area contributed by atoms with Crippen LogP contribution in [0.4, 0.5) is 0 Å². The zero-order valence-electron chi connectivity index (χ0n) is 8.65. The van der Waals surface area contributed by atoms with Gasteiger partial charge >= 0.3 is 7.60 Å². The highest BCUT2D eigenvalue weighted by molar-refractivity contribution is 7.57. The second-order valence-corrected chi connectivity index (χ2v) is 4.41. The molecule has 0 spiro atoms. The third kappa shape index (κ3) is 4.56. The number of amides is 1. The van der Waals surface area contributed by atoms with Crippen molar-refractivity contribution in [2.75, 3.05) is 13.2 Å². The van der Waals surface area contributed by atoms with E-state index in [0.29, 0.717) is 0 Å². The molecular formula is C8H16NO4P. The molecule has 5 nitrogen and oxygen atoms in total. The molecule has 0 aromatic heterocycles. The molecule has 0 saturated heterocycles. The second kappa shape index (κ2) is 5.96. The maximum absolute atomic E-state index is 11.8. The van der Waals surface area contributed by atoms with Crippen molar-refractivity contribution in [3.8, 4) is 0 Å². The minimum absolute atomic E-state index is 0.176. The molecule has 0 aliphatic carbocycles. The maximum atomic E-state index is 11.8. The van der Waals surface area contributed by atoms with Gasteiger partial charge in [0.15, 0.2) is 0 Å². The van der Waals surface area contributed by atoms with Gasteiger partial charge in [0.05, 0.1) is 13.2 Å². The summed E-state index contributed by atoms with van der Waals surface area (Å²) in [4.78, 5) is 10.7. The molecule has 0 aliphatic rings. The summed E-state index contributed by atoms with van der Waals surface area (Å²) in [6.45, 7) is 5.35. The summed E-state index contributed by atoms with van der Waals surface area (Å²) < 4.78 is 21.7. The monoisotopic (exact) mass is 221 g/mol. The number of hydrogen-bond donors (Lipinski definition) is 1. The highest BCUT2D eigenvalue weighted by Gasteiger charge is 2.21. The van der Waals surface area contributed by atoms with E-state index in [0.717, 1.165) is 5.82 Å². The van der Waals surface area contributed by atoms with E-state index in [-0.39, 0.29) is 18.8 Å². The summed E-state index contributed by atoms with van der Waals surface area (Å²) >= 11 is 0. The Bertz CT molecular complexity index is 265. The van der Waals surface area contributed by atoms with Gasteiger partial charge in [-0.15, -0.1) is 0 Å². The van der Waals surface area contributed by atoms with Gasteiger partial charge < -0.3 is 14.8 Å². The van der Waals surface area contributed by atoms with E-state index in [1.54, 1.807) is 13.8 Å². The molecule has 1 amide bonds. The van der Waals surface area contributed by atoms with Gasteiger partial charge in [-0.05, 0) is 20.8 Å². The van der Waals surface area contributed by atoms with E-state index in [1.807, 2.05) is 0 Å². The van der Waals surface area contributed by atoms with E-state index in [1.165, 1.54) is 6.92 Å². The van der Waals surface area contributed by atoms with Crippen LogP contribution in [0, 0.1) is 0 Å². The van der Waals surface area contributed by atoms with Crippen LogP contribution in [-0.4, -0.2) is 19.1 Å². The van der Waals surface area contributed by atoms with Crippen molar-refractivity contribution in [3.63, 3.8) is 0 Å². The summed E-state index contributed by atoms with van der Waals surface area (Å²) in [6, 6.07) is 0. The maximum Gasteiger partial charge on any atom is 0.354 e. The number of hydrogen-bond acceptors (Lipinski definition) is 4. The average molecular weight is 221 g/mol. The van der Waals surface area contributed by atoms with Gasteiger partial charge in [-0.25, -0.2) is 0 Å². The Morgan fingerprint density at radius 2 is 1.79 bits per heavy atom. The molecule has 0 fully saturated rings. The van der Waals surface area contributed by atoms with E-state index < -0.39 is 13.5 Å². The third-order valence-corrected chi connectivity index (χ3v) is 3.30. The van der Waals surface area contributed by atoms with Crippen molar-refractivity contribution in [3.05, 3.63) is 11.4 Å². The lowest BCUT2D eigenvalue weighted by Crippen LogP contribution is -2.11. The molecule has 82 valence electrons. The Morgan fingerprint density at radius 3 is 2.07 bits per heavy atom. The average Bonchev–Trinajstić information content (AvgIpc) is 2.04. The summed E-state index contributed by atoms with van der Waals surface area (Å²) in [5, 5.41) is 0. The van der Waals surface area contributed by atoms with E-state index in [9.17, 15) is 9.36 Å². The number of rotatable bonds is 6. The van der Waals surface area contributed by atoms with Gasteiger partial charge in [-0.3, -0.25) is 9.36 Å². The van der Waals surface area contributed by atoms with Crippen molar-refractivity contribution in [2.45, 2.75) is 20.8 Å². The van der Waals surface area contributed by atoms with Crippen LogP contribution in [0.5, 0.6) is 0 Å². The number of nitrogens with two attached hydrogens (primary N) is 1. The topological polar surface area (TPSA) is 78.6 Å². The number of carbonyl (C=O) groups is 1. The quantitative estimate of drug-likeness (QED) is 0.546. The predicted octanol–water partition coefficient (Wildman–Crippen LogP) is 1.64. The standard InChI is InChI=1S/C8H16NO4P/c1-4-12-14(11,13-5-2)6-7(3)8(9)10/h6H,4-5H2,1-3H3,(H2,9,10). The van der Waals surface area contributed by atoms with Crippen LogP contribution >= 0.6 is 7.60 Å². The molecule has 0 bridgehead atoms. The molecular weight excluding hydrogens is 205 g/mol. The van der Waals surface area contributed by atoms with Crippen LogP contribution in [0.1, 0.15) is 20.8 Å². The smallest absolute Gasteiger partial charge is 0.354 e. The molecule has 0 unspecified atom stereocenters. The van der Waals surface area contributed by atoms with Gasteiger partial charge in [0.25, 0.3) is 0 Å². The van der Waals surface area contributed by atoms with Crippen molar-refractivity contribution in [1.82, 2.24) is 0 Å². The fraction of sp³-hybridized carbons (Fsp3) is 0.625. The van der Waals surface area contributed by atoms with Crippen LogP contribution in [0.2, 0.25) is 0 Å². The highest BCUT2D eigenvalue weighted by atomic mass is 31.2. The number of carbonyl (C=O) groups excluding carboxylic acids is 1. The molecule has 0 rings (SSSR count). The molecule has 0 saturated carbocycles. The van der Waals surface area contributed by atoms with Crippen LogP contribution in [0.25, 0.3) is 0 Å². The molecule has 2 N–H and O–H groups in total. The predicted molar refractivity (Wildman–Crippen MR) is 53.8 cm³/mol. The van der Waals surface area contributed by atoms with Crippen LogP contribution in [0.3, 0.4) is 0 Å². The molecule has 0 aromatic rings. The van der Waals surface area contributed by atoms with E-state index >= 15 is 0 Å². The Labute approximate surface area is 83.8 Å². The SMILES string of the molecule is CCOP(=O)(C=C(C)C(N)=O)OCC. The van der Waals surface area contributed by atoms with Gasteiger partial charge in [0.2, 0.25) is 5.91 Å². The summed E-state index contributed by atoms with van der Waals surface area (Å²) in [7, 11) is -3.29. The highest BCUT2D eigenvalue weighted by Crippen LogP contribution is 2.50. The van der Waals surface area contributed by atoms with Gasteiger partial charge in [-0.2, -0.15) is 0 Å². The van der Waals surface area contributed by atoms with E-state index in [4.69, 9.17) is 14.8 Å². The lowest BCUT2D eigenvalue weighted by atomic mass is 10.3. The first kappa shape index (κ1) is 13.4. The number of primary amides is 1. The third-order valence-electron chi connectivity index (χ3n) is 1.36. The normalized spacial score (nSPS) is 12.9. The molecule has 0 radical (unpaired) electrons. The van der Waals surface area contributed by atoms with Crippen molar-refractivity contribution < 1.29 is 18.4 Å². The fourth-order valence-corrected chi connectivity index (χ4v) is 2.32. The van der Waals surface area contributed by atoms with Crippen LogP contribution in [0.15, 0.2) is 11.4 Å². The van der Waals surface area contributed by atoms with Gasteiger partial charge in [0.1, 0.15) is 0 Å². The second-order valence-electron chi connectivity index (χ2n) is 2.55. The Hall–Kier alpha value is -0.640. The molecule has 0 aromatic carbocycles. The summed E-state index contributed by atoms with van der Waals surface area (Å²) in [5.41, 5.74) is 5.17. The fourth-order valence-electron chi connectivity index (χ4n) is 0.772. The van der Waals surface area contributed by atoms with E-state index in [2.05, 4.69) is 0 Å². The van der Waals surface area contributed by atoms with Crippen molar-refractivity contribution in [1.29, 1.82) is 0 Å². The Kier molecular flexibility index (Phi) is 5.69. The molecule has 0 aliphatic heterocycles. The first-order valence-corrected chi connectivity index (χ1v) is 5.94. The molecule has 0 atom stereocenters. The minimum Gasteiger partial charge on any atom is -0.366 e. The van der Waals surface area contributed by atoms with Crippen LogP contribution < -0.4 is 5.73 Å². The van der Waals surface area contributed by atoms with Gasteiger partial charge in [-0.1, -0.05) is 0 Å². The summed E-state index contributed by atoms with van der Waals surface area (Å²) in [6.07, 6.45) is 0. The Morgan fingerprint density at radius 1 is 1.36 bits per heavy atom. The van der Waals surface area contributed by atoms with Gasteiger partial charge in [0, 0.05) is 11.4 Å². The summed E-state index contributed by atoms with van der Waals surface area (Å²) in [5.74, 6) is 0.520. The zero-order valence-corrected chi connectivity index (χ0v) is 9.54. The molecule has 6 heteroatoms. The first-order valence-electron chi connectivity index (χ1n) is 4.33. The Balaban J connectivity index is 4.75. The molecule has 14 heavy (non-hydrogen) atoms. The van der Waals surface area contributed by atoms with Crippen molar-refractivity contribution in [2.24, 2.45) is 5.73 Å². The minimum atomic E-state index is -3.29. The zero-order chi connectivity index (χ0) is 11.2. The van der Waals surface area contributed by atoms with Crippen molar-refractivity contribution >= 4 is 13.5 Å². The lowest BCUT2D eigenvalue weighted by molar-refractivity contribution is -0.114. The molecule has 0 heterocycles. The largest absolute Gasteiger partial charge is 0.366 e. The van der Waals surface area contributed by atoms with Crippen LogP contribution in [-0.2, 0) is 18.4 Å². The lowest BCUT2D eigenvalue weighted by Gasteiger charge is -2.13.